The second kappa shape index (κ2) is 5.96. The lowest BCUT2D eigenvalue weighted by atomic mass is 10.1. The summed E-state index contributed by atoms with van der Waals surface area (Å²) in [6.45, 7) is 0.432. The van der Waals surface area contributed by atoms with Crippen LogP contribution in [0.1, 0.15) is 18.4 Å². The van der Waals surface area contributed by atoms with Gasteiger partial charge in [-0.1, -0.05) is 0 Å². The highest BCUT2D eigenvalue weighted by Crippen LogP contribution is 2.31. The quantitative estimate of drug-likeness (QED) is 0.611. The van der Waals surface area contributed by atoms with Gasteiger partial charge in [-0.25, -0.2) is 4.39 Å². The standard InChI is InChI=1S/C13H15FN2O4/c14-11-3-4-12(16(19)20)10(5-11)7-15(8-13(17)18)6-9-1-2-9/h3-5,9H,1-2,6-8H2,(H,17,18). The van der Waals surface area contributed by atoms with Crippen LogP contribution in [0.4, 0.5) is 10.1 Å². The molecule has 0 atom stereocenters. The molecule has 0 bridgehead atoms. The molecule has 6 nitrogen and oxygen atoms in total. The molecule has 108 valence electrons. The van der Waals surface area contributed by atoms with Crippen LogP contribution in [0.25, 0.3) is 0 Å². The maximum Gasteiger partial charge on any atom is 0.317 e. The number of nitrogens with zero attached hydrogens (tertiary/aromatic N) is 2. The molecule has 0 heterocycles. The first-order valence-corrected chi connectivity index (χ1v) is 6.32. The van der Waals surface area contributed by atoms with E-state index >= 15 is 0 Å². The Morgan fingerprint density at radius 1 is 1.50 bits per heavy atom. The van der Waals surface area contributed by atoms with Gasteiger partial charge in [0.05, 0.1) is 11.5 Å². The lowest BCUT2D eigenvalue weighted by molar-refractivity contribution is -0.385. The molecule has 0 saturated heterocycles. The van der Waals surface area contributed by atoms with E-state index in [1.807, 2.05) is 0 Å². The molecule has 0 spiro atoms. The Morgan fingerprint density at radius 2 is 2.20 bits per heavy atom. The van der Waals surface area contributed by atoms with E-state index in [9.17, 15) is 19.3 Å². The molecular formula is C13H15FN2O4. The summed E-state index contributed by atoms with van der Waals surface area (Å²) in [6.07, 6.45) is 2.09. The Morgan fingerprint density at radius 3 is 2.75 bits per heavy atom. The Labute approximate surface area is 115 Å². The van der Waals surface area contributed by atoms with Crippen molar-refractivity contribution in [2.24, 2.45) is 5.92 Å². The van der Waals surface area contributed by atoms with Gasteiger partial charge in [0.1, 0.15) is 5.82 Å². The summed E-state index contributed by atoms with van der Waals surface area (Å²) in [7, 11) is 0. The highest BCUT2D eigenvalue weighted by Gasteiger charge is 2.26. The highest BCUT2D eigenvalue weighted by molar-refractivity contribution is 5.69. The van der Waals surface area contributed by atoms with E-state index in [1.54, 1.807) is 4.90 Å². The predicted octanol–water partition coefficient (Wildman–Crippen LogP) is 2.03. The minimum absolute atomic E-state index is 0.0663. The second-order valence-electron chi connectivity index (χ2n) is 5.04. The summed E-state index contributed by atoms with van der Waals surface area (Å²) in [5.41, 5.74) is 0.0227. The van der Waals surface area contributed by atoms with Crippen LogP contribution in [-0.4, -0.2) is 34.0 Å². The van der Waals surface area contributed by atoms with Crippen LogP contribution in [0.2, 0.25) is 0 Å². The van der Waals surface area contributed by atoms with Crippen LogP contribution in [0, 0.1) is 21.8 Å². The minimum atomic E-state index is -0.996. The van der Waals surface area contributed by atoms with Crippen LogP contribution >= 0.6 is 0 Å². The van der Waals surface area contributed by atoms with Crippen molar-refractivity contribution in [3.63, 3.8) is 0 Å². The number of hydrogen-bond donors (Lipinski definition) is 1. The summed E-state index contributed by atoms with van der Waals surface area (Å²) < 4.78 is 13.2. The number of benzene rings is 1. The molecule has 0 aliphatic heterocycles. The first kappa shape index (κ1) is 14.4. The van der Waals surface area contributed by atoms with Crippen molar-refractivity contribution in [3.05, 3.63) is 39.7 Å². The van der Waals surface area contributed by atoms with Crippen molar-refractivity contribution >= 4 is 11.7 Å². The van der Waals surface area contributed by atoms with Crippen LogP contribution in [0.15, 0.2) is 18.2 Å². The Balaban J connectivity index is 2.17. The third-order valence-electron chi connectivity index (χ3n) is 3.20. The van der Waals surface area contributed by atoms with Crippen LogP contribution in [-0.2, 0) is 11.3 Å². The molecule has 1 aromatic rings. The highest BCUT2D eigenvalue weighted by atomic mass is 19.1. The van der Waals surface area contributed by atoms with Crippen molar-refractivity contribution in [3.8, 4) is 0 Å². The molecule has 20 heavy (non-hydrogen) atoms. The summed E-state index contributed by atoms with van der Waals surface area (Å²) in [5.74, 6) is -1.11. The third kappa shape index (κ3) is 3.99. The molecule has 1 N–H and O–H groups in total. The number of carbonyl (C=O) groups is 1. The number of rotatable bonds is 7. The third-order valence-corrected chi connectivity index (χ3v) is 3.20. The molecule has 2 rings (SSSR count). The summed E-state index contributed by atoms with van der Waals surface area (Å²) in [6, 6.07) is 3.24. The Kier molecular flexibility index (Phi) is 4.29. The van der Waals surface area contributed by atoms with Gasteiger partial charge in [0, 0.05) is 24.7 Å². The van der Waals surface area contributed by atoms with E-state index in [1.165, 1.54) is 0 Å². The molecule has 7 heteroatoms. The fraction of sp³-hybridized carbons (Fsp3) is 0.462. The second-order valence-corrected chi connectivity index (χ2v) is 5.04. The molecule has 1 saturated carbocycles. The average molecular weight is 282 g/mol. The first-order chi connectivity index (χ1) is 9.45. The van der Waals surface area contributed by atoms with Crippen LogP contribution < -0.4 is 0 Å². The summed E-state index contributed by atoms with van der Waals surface area (Å²) in [4.78, 5) is 22.8. The van der Waals surface area contributed by atoms with Gasteiger partial charge in [0.25, 0.3) is 5.69 Å². The number of carboxylic acids is 1. The average Bonchev–Trinajstić information content (AvgIpc) is 3.11. The minimum Gasteiger partial charge on any atom is -0.480 e. The van der Waals surface area contributed by atoms with Gasteiger partial charge >= 0.3 is 5.97 Å². The van der Waals surface area contributed by atoms with Gasteiger partial charge < -0.3 is 5.11 Å². The van der Waals surface area contributed by atoms with E-state index in [2.05, 4.69) is 0 Å². The first-order valence-electron chi connectivity index (χ1n) is 6.32. The zero-order chi connectivity index (χ0) is 14.7. The zero-order valence-corrected chi connectivity index (χ0v) is 10.8. The van der Waals surface area contributed by atoms with E-state index in [-0.39, 0.29) is 24.3 Å². The van der Waals surface area contributed by atoms with Crippen LogP contribution in [0.5, 0.6) is 0 Å². The monoisotopic (exact) mass is 282 g/mol. The Bertz CT molecular complexity index is 531. The molecule has 1 aliphatic rings. The molecule has 0 unspecified atom stereocenters. The van der Waals surface area contributed by atoms with Crippen molar-refractivity contribution < 1.29 is 19.2 Å². The van der Waals surface area contributed by atoms with Crippen LogP contribution in [0.3, 0.4) is 0 Å². The van der Waals surface area contributed by atoms with Gasteiger partial charge in [-0.05, 0) is 30.9 Å². The van der Waals surface area contributed by atoms with E-state index in [0.717, 1.165) is 31.0 Å². The summed E-state index contributed by atoms with van der Waals surface area (Å²) in [5, 5.41) is 19.8. The normalized spacial score (nSPS) is 14.5. The molecule has 0 radical (unpaired) electrons. The van der Waals surface area contributed by atoms with Gasteiger partial charge in [-0.2, -0.15) is 0 Å². The number of nitro benzene ring substituents is 1. The number of carboxylic acid groups (broad SMARTS) is 1. The van der Waals surface area contributed by atoms with Crippen molar-refractivity contribution in [2.75, 3.05) is 13.1 Å². The number of aliphatic carboxylic acids is 1. The molecule has 0 aromatic heterocycles. The van der Waals surface area contributed by atoms with Crippen molar-refractivity contribution in [1.82, 2.24) is 4.90 Å². The molecule has 1 fully saturated rings. The molecule has 1 aromatic carbocycles. The molecule has 0 amide bonds. The van der Waals surface area contributed by atoms with Crippen molar-refractivity contribution in [2.45, 2.75) is 19.4 Å². The van der Waals surface area contributed by atoms with Gasteiger partial charge in [0.15, 0.2) is 0 Å². The lowest BCUT2D eigenvalue weighted by Gasteiger charge is -2.20. The van der Waals surface area contributed by atoms with Gasteiger partial charge in [-0.3, -0.25) is 19.8 Å². The van der Waals surface area contributed by atoms with E-state index < -0.39 is 16.7 Å². The maximum atomic E-state index is 13.2. The smallest absolute Gasteiger partial charge is 0.317 e. The van der Waals surface area contributed by atoms with Gasteiger partial charge in [0.2, 0.25) is 0 Å². The summed E-state index contributed by atoms with van der Waals surface area (Å²) >= 11 is 0. The topological polar surface area (TPSA) is 83.7 Å². The number of hydrogen-bond acceptors (Lipinski definition) is 4. The predicted molar refractivity (Wildman–Crippen MR) is 68.7 cm³/mol. The zero-order valence-electron chi connectivity index (χ0n) is 10.8. The fourth-order valence-electron chi connectivity index (χ4n) is 2.14. The largest absolute Gasteiger partial charge is 0.480 e. The fourth-order valence-corrected chi connectivity index (χ4v) is 2.14. The SMILES string of the molecule is O=C(O)CN(Cc1cc(F)ccc1[N+](=O)[O-])CC1CC1. The number of nitro groups is 1. The molecule has 1 aliphatic carbocycles. The Hall–Kier alpha value is -2.02. The number of halogens is 1. The van der Waals surface area contributed by atoms with E-state index in [0.29, 0.717) is 12.5 Å². The van der Waals surface area contributed by atoms with Crippen molar-refractivity contribution in [1.29, 1.82) is 0 Å². The van der Waals surface area contributed by atoms with E-state index in [4.69, 9.17) is 5.11 Å². The molecular weight excluding hydrogens is 267 g/mol. The maximum absolute atomic E-state index is 13.2. The van der Waals surface area contributed by atoms with Gasteiger partial charge in [-0.15, -0.1) is 0 Å². The lowest BCUT2D eigenvalue weighted by Crippen LogP contribution is -2.31.